The number of nitrogens with zero attached hydrogens (tertiary/aromatic N) is 2. The summed E-state index contributed by atoms with van der Waals surface area (Å²) in [5.41, 5.74) is 0.858. The van der Waals surface area contributed by atoms with Gasteiger partial charge in [0.05, 0.1) is 18.8 Å². The maximum Gasteiger partial charge on any atom is 0.148 e. The van der Waals surface area contributed by atoms with E-state index in [2.05, 4.69) is 10.2 Å². The van der Waals surface area contributed by atoms with Crippen LogP contribution in [0.3, 0.4) is 0 Å². The third kappa shape index (κ3) is 0.993. The summed E-state index contributed by atoms with van der Waals surface area (Å²) >= 11 is 0. The van der Waals surface area contributed by atoms with Crippen molar-refractivity contribution in [2.24, 2.45) is 0 Å². The molecule has 1 heterocycles. The standard InChI is InChI=1S/C9H8N2O/c1-12-9-6-10-11-8-5-3-2-4-7(8)9/h2-6H,1H3. The Morgan fingerprint density at radius 3 is 2.92 bits per heavy atom. The van der Waals surface area contributed by atoms with E-state index in [0.717, 1.165) is 16.7 Å². The van der Waals surface area contributed by atoms with Gasteiger partial charge in [-0.25, -0.2) is 0 Å². The van der Waals surface area contributed by atoms with Crippen molar-refractivity contribution in [3.63, 3.8) is 0 Å². The number of methoxy groups -OCH3 is 1. The summed E-state index contributed by atoms with van der Waals surface area (Å²) in [7, 11) is 1.63. The van der Waals surface area contributed by atoms with Gasteiger partial charge in [-0.3, -0.25) is 0 Å². The van der Waals surface area contributed by atoms with E-state index in [-0.39, 0.29) is 0 Å². The van der Waals surface area contributed by atoms with Crippen molar-refractivity contribution in [2.75, 3.05) is 7.11 Å². The average Bonchev–Trinajstić information content (AvgIpc) is 2.17. The summed E-state index contributed by atoms with van der Waals surface area (Å²) in [6.45, 7) is 0. The topological polar surface area (TPSA) is 35.0 Å². The zero-order valence-electron chi connectivity index (χ0n) is 6.69. The summed E-state index contributed by atoms with van der Waals surface area (Å²) in [4.78, 5) is 0. The van der Waals surface area contributed by atoms with Gasteiger partial charge in [0.25, 0.3) is 0 Å². The van der Waals surface area contributed by atoms with E-state index in [1.54, 1.807) is 13.3 Å². The van der Waals surface area contributed by atoms with Crippen molar-refractivity contribution in [3.8, 4) is 5.75 Å². The summed E-state index contributed by atoms with van der Waals surface area (Å²) in [5.74, 6) is 0.764. The minimum Gasteiger partial charge on any atom is -0.494 e. The van der Waals surface area contributed by atoms with Crippen LogP contribution >= 0.6 is 0 Å². The fourth-order valence-electron chi connectivity index (χ4n) is 1.14. The smallest absolute Gasteiger partial charge is 0.148 e. The molecular weight excluding hydrogens is 152 g/mol. The van der Waals surface area contributed by atoms with Gasteiger partial charge in [0.2, 0.25) is 0 Å². The maximum absolute atomic E-state index is 5.12. The molecule has 0 spiro atoms. The first-order chi connectivity index (χ1) is 5.92. The van der Waals surface area contributed by atoms with Gasteiger partial charge in [-0.1, -0.05) is 12.1 Å². The van der Waals surface area contributed by atoms with E-state index in [1.807, 2.05) is 24.3 Å². The minimum atomic E-state index is 0.764. The molecule has 0 saturated carbocycles. The molecule has 3 heteroatoms. The van der Waals surface area contributed by atoms with Crippen LogP contribution < -0.4 is 4.74 Å². The molecule has 0 radical (unpaired) electrons. The second-order valence-electron chi connectivity index (χ2n) is 2.43. The van der Waals surface area contributed by atoms with Gasteiger partial charge in [-0.05, 0) is 12.1 Å². The summed E-state index contributed by atoms with van der Waals surface area (Å²) in [6, 6.07) is 7.75. The van der Waals surface area contributed by atoms with Gasteiger partial charge in [0.1, 0.15) is 5.75 Å². The Morgan fingerprint density at radius 1 is 1.25 bits per heavy atom. The molecule has 3 nitrogen and oxygen atoms in total. The van der Waals surface area contributed by atoms with Crippen LogP contribution in [-0.4, -0.2) is 17.3 Å². The summed E-state index contributed by atoms with van der Waals surface area (Å²) in [6.07, 6.45) is 1.61. The van der Waals surface area contributed by atoms with Gasteiger partial charge >= 0.3 is 0 Å². The van der Waals surface area contributed by atoms with Crippen molar-refractivity contribution in [2.45, 2.75) is 0 Å². The predicted molar refractivity (Wildman–Crippen MR) is 46.1 cm³/mol. The molecule has 2 rings (SSSR count). The lowest BCUT2D eigenvalue weighted by atomic mass is 10.2. The largest absolute Gasteiger partial charge is 0.494 e. The Hall–Kier alpha value is -1.64. The maximum atomic E-state index is 5.12. The molecule has 0 aliphatic carbocycles. The van der Waals surface area contributed by atoms with E-state index >= 15 is 0 Å². The number of benzene rings is 1. The fourth-order valence-corrected chi connectivity index (χ4v) is 1.14. The molecule has 12 heavy (non-hydrogen) atoms. The van der Waals surface area contributed by atoms with Gasteiger partial charge < -0.3 is 4.74 Å². The quantitative estimate of drug-likeness (QED) is 0.636. The Morgan fingerprint density at radius 2 is 2.08 bits per heavy atom. The van der Waals surface area contributed by atoms with E-state index < -0.39 is 0 Å². The van der Waals surface area contributed by atoms with Crippen LogP contribution in [0.5, 0.6) is 5.75 Å². The molecule has 0 aliphatic heterocycles. The van der Waals surface area contributed by atoms with Crippen molar-refractivity contribution in [1.82, 2.24) is 10.2 Å². The molecule has 0 N–H and O–H groups in total. The molecular formula is C9H8N2O. The molecule has 0 unspecified atom stereocenters. The molecule has 1 aromatic heterocycles. The van der Waals surface area contributed by atoms with Gasteiger partial charge in [-0.15, -0.1) is 0 Å². The first-order valence-electron chi connectivity index (χ1n) is 3.66. The highest BCUT2D eigenvalue weighted by Crippen LogP contribution is 2.20. The Balaban J connectivity index is 2.79. The van der Waals surface area contributed by atoms with E-state index in [4.69, 9.17) is 4.74 Å². The highest BCUT2D eigenvalue weighted by molar-refractivity contribution is 5.83. The lowest BCUT2D eigenvalue weighted by Crippen LogP contribution is -1.88. The van der Waals surface area contributed by atoms with E-state index in [9.17, 15) is 0 Å². The fraction of sp³-hybridized carbons (Fsp3) is 0.111. The van der Waals surface area contributed by atoms with Crippen molar-refractivity contribution >= 4 is 10.9 Å². The summed E-state index contributed by atoms with van der Waals surface area (Å²) < 4.78 is 5.12. The Labute approximate surface area is 70.0 Å². The van der Waals surface area contributed by atoms with Crippen LogP contribution in [0.25, 0.3) is 10.9 Å². The third-order valence-electron chi connectivity index (χ3n) is 1.73. The van der Waals surface area contributed by atoms with Crippen LogP contribution in [0.4, 0.5) is 0 Å². The third-order valence-corrected chi connectivity index (χ3v) is 1.73. The minimum absolute atomic E-state index is 0.764. The Bertz CT molecular complexity index is 395. The van der Waals surface area contributed by atoms with Crippen molar-refractivity contribution < 1.29 is 4.74 Å². The zero-order chi connectivity index (χ0) is 8.39. The second-order valence-corrected chi connectivity index (χ2v) is 2.43. The second kappa shape index (κ2) is 2.77. The highest BCUT2D eigenvalue weighted by atomic mass is 16.5. The molecule has 0 fully saturated rings. The molecule has 1 aromatic carbocycles. The number of hydrogen-bond donors (Lipinski definition) is 0. The van der Waals surface area contributed by atoms with Gasteiger partial charge in [-0.2, -0.15) is 10.2 Å². The van der Waals surface area contributed by atoms with Crippen LogP contribution in [0, 0.1) is 0 Å². The lowest BCUT2D eigenvalue weighted by molar-refractivity contribution is 0.417. The van der Waals surface area contributed by atoms with E-state index in [0.29, 0.717) is 0 Å². The summed E-state index contributed by atoms with van der Waals surface area (Å²) in [5, 5.41) is 8.76. The first-order valence-corrected chi connectivity index (χ1v) is 3.66. The highest BCUT2D eigenvalue weighted by Gasteiger charge is 1.99. The molecule has 60 valence electrons. The van der Waals surface area contributed by atoms with Crippen molar-refractivity contribution in [3.05, 3.63) is 30.5 Å². The lowest BCUT2D eigenvalue weighted by Gasteiger charge is -2.01. The normalized spacial score (nSPS) is 10.1. The predicted octanol–water partition coefficient (Wildman–Crippen LogP) is 1.64. The molecule has 0 amide bonds. The average molecular weight is 160 g/mol. The number of fused-ring (bicyclic) bond motifs is 1. The molecule has 0 aliphatic rings. The van der Waals surface area contributed by atoms with Crippen LogP contribution in [0.15, 0.2) is 30.5 Å². The molecule has 0 bridgehead atoms. The molecule has 2 aromatic rings. The van der Waals surface area contributed by atoms with Crippen molar-refractivity contribution in [1.29, 1.82) is 0 Å². The molecule has 0 saturated heterocycles. The van der Waals surface area contributed by atoms with Crippen LogP contribution in [0.1, 0.15) is 0 Å². The van der Waals surface area contributed by atoms with Crippen LogP contribution in [-0.2, 0) is 0 Å². The zero-order valence-corrected chi connectivity index (χ0v) is 6.69. The SMILES string of the molecule is COc1cnnc2ccccc12. The Kier molecular flexibility index (Phi) is 1.63. The van der Waals surface area contributed by atoms with E-state index in [1.165, 1.54) is 0 Å². The van der Waals surface area contributed by atoms with Gasteiger partial charge in [0.15, 0.2) is 0 Å². The van der Waals surface area contributed by atoms with Crippen LogP contribution in [0.2, 0.25) is 0 Å². The van der Waals surface area contributed by atoms with Gasteiger partial charge in [0, 0.05) is 5.39 Å². The number of hydrogen-bond acceptors (Lipinski definition) is 3. The number of aromatic nitrogens is 2. The number of rotatable bonds is 1. The first kappa shape index (κ1) is 7.03. The monoisotopic (exact) mass is 160 g/mol. The molecule has 0 atom stereocenters. The number of ether oxygens (including phenoxy) is 1.